The Bertz CT molecular complexity index is 954. The molecule has 8 nitrogen and oxygen atoms in total. The normalized spacial score (nSPS) is 14.2. The van der Waals surface area contributed by atoms with Crippen LogP contribution in [-0.4, -0.2) is 54.2 Å². The van der Waals surface area contributed by atoms with Gasteiger partial charge < -0.3 is 19.7 Å². The van der Waals surface area contributed by atoms with Gasteiger partial charge in [0.2, 0.25) is 6.23 Å². The van der Waals surface area contributed by atoms with Crippen LogP contribution >= 0.6 is 36.2 Å². The molecule has 1 atom stereocenters. The number of nitrogens with zero attached hydrogens (tertiary/aromatic N) is 3. The third-order valence-corrected chi connectivity index (χ3v) is 5.44. The van der Waals surface area contributed by atoms with Gasteiger partial charge in [0.25, 0.3) is 0 Å². The van der Waals surface area contributed by atoms with Crippen molar-refractivity contribution in [1.82, 2.24) is 25.5 Å². The van der Waals surface area contributed by atoms with Crippen LogP contribution in [0.4, 0.5) is 4.79 Å². The van der Waals surface area contributed by atoms with Gasteiger partial charge in [-0.05, 0) is 30.3 Å². The van der Waals surface area contributed by atoms with E-state index in [9.17, 15) is 4.79 Å². The number of amides is 2. The van der Waals surface area contributed by atoms with Crippen LogP contribution in [0.3, 0.4) is 0 Å². The van der Waals surface area contributed by atoms with E-state index in [1.54, 1.807) is 36.5 Å². The molecule has 0 spiro atoms. The van der Waals surface area contributed by atoms with Crippen molar-refractivity contribution in [2.45, 2.75) is 6.23 Å². The molecular formula is C19H23Cl2N5O3S. The Morgan fingerprint density at radius 1 is 1.23 bits per heavy atom. The summed E-state index contributed by atoms with van der Waals surface area (Å²) in [5.41, 5.74) is 0.831. The van der Waals surface area contributed by atoms with E-state index < -0.39 is 6.23 Å². The highest BCUT2D eigenvalue weighted by atomic mass is 35.5. The number of halogens is 2. The van der Waals surface area contributed by atoms with Gasteiger partial charge in [0.1, 0.15) is 11.5 Å². The molecule has 0 bridgehead atoms. The Hall–Kier alpha value is -2.33. The lowest BCUT2D eigenvalue weighted by atomic mass is 10.3. The van der Waals surface area contributed by atoms with E-state index in [1.807, 2.05) is 18.2 Å². The number of carbonyl (C=O) groups is 1. The number of benzene rings is 1. The monoisotopic (exact) mass is 471 g/mol. The van der Waals surface area contributed by atoms with E-state index in [-0.39, 0.29) is 30.8 Å². The summed E-state index contributed by atoms with van der Waals surface area (Å²) in [5, 5.41) is 6.87. The summed E-state index contributed by atoms with van der Waals surface area (Å²) in [7, 11) is 1.63. The van der Waals surface area contributed by atoms with Gasteiger partial charge in [0.05, 0.1) is 23.5 Å². The fourth-order valence-electron chi connectivity index (χ4n) is 2.93. The van der Waals surface area contributed by atoms with Gasteiger partial charge in [-0.2, -0.15) is 0 Å². The van der Waals surface area contributed by atoms with Crippen LogP contribution < -0.4 is 20.1 Å². The largest absolute Gasteiger partial charge is 0.497 e. The minimum atomic E-state index is -0.713. The molecule has 1 saturated heterocycles. The Balaban J connectivity index is 0.00000160. The van der Waals surface area contributed by atoms with E-state index in [2.05, 4.69) is 20.6 Å². The number of nitrogens with one attached hydrogen (secondary N) is 2. The number of rotatable bonds is 5. The molecule has 1 aliphatic rings. The summed E-state index contributed by atoms with van der Waals surface area (Å²) < 4.78 is 12.3. The van der Waals surface area contributed by atoms with E-state index in [4.69, 9.17) is 9.47 Å². The molecule has 3 heterocycles. The number of hydrogen-bond acceptors (Lipinski definition) is 7. The first-order chi connectivity index (χ1) is 13.7. The number of aromatic nitrogens is 2. The van der Waals surface area contributed by atoms with Gasteiger partial charge in [-0.1, -0.05) is 0 Å². The lowest BCUT2D eigenvalue weighted by molar-refractivity contribution is 0.139. The molecule has 30 heavy (non-hydrogen) atoms. The predicted molar refractivity (Wildman–Crippen MR) is 121 cm³/mol. The molecule has 1 aliphatic heterocycles. The molecule has 11 heteroatoms. The standard InChI is InChI=1S/C19H21N5O3S.2ClH/c1-26-13-4-5-15-16(11-13)28-18(22-15)17(27-14-3-2-6-21-12-14)23-19(25)24-9-7-20-8-10-24;;/h2-6,11-12,17,20H,7-10H2,1H3,(H,23,25);2*1H. The van der Waals surface area contributed by atoms with E-state index >= 15 is 0 Å². The molecule has 162 valence electrons. The van der Waals surface area contributed by atoms with Gasteiger partial charge in [0.15, 0.2) is 5.01 Å². The number of fused-ring (bicyclic) bond motifs is 1. The fraction of sp³-hybridized carbons (Fsp3) is 0.316. The summed E-state index contributed by atoms with van der Waals surface area (Å²) >= 11 is 1.46. The van der Waals surface area contributed by atoms with Crippen molar-refractivity contribution in [3.63, 3.8) is 0 Å². The zero-order valence-electron chi connectivity index (χ0n) is 16.2. The van der Waals surface area contributed by atoms with Crippen LogP contribution in [0.1, 0.15) is 11.2 Å². The van der Waals surface area contributed by atoms with Crippen molar-refractivity contribution < 1.29 is 14.3 Å². The first-order valence-corrected chi connectivity index (χ1v) is 9.82. The minimum absolute atomic E-state index is 0. The molecule has 2 aromatic heterocycles. The molecule has 0 radical (unpaired) electrons. The van der Waals surface area contributed by atoms with Gasteiger partial charge in [-0.3, -0.25) is 10.3 Å². The van der Waals surface area contributed by atoms with Crippen LogP contribution in [-0.2, 0) is 0 Å². The average Bonchev–Trinajstić information content (AvgIpc) is 3.18. The molecule has 2 amide bonds. The van der Waals surface area contributed by atoms with Crippen molar-refractivity contribution in [2.75, 3.05) is 33.3 Å². The zero-order chi connectivity index (χ0) is 19.3. The third-order valence-electron chi connectivity index (χ3n) is 4.38. The number of piperazine rings is 1. The highest BCUT2D eigenvalue weighted by Crippen LogP contribution is 2.30. The molecular weight excluding hydrogens is 449 g/mol. The van der Waals surface area contributed by atoms with Gasteiger partial charge in [-0.25, -0.2) is 9.78 Å². The summed E-state index contributed by atoms with van der Waals surface area (Å²) in [4.78, 5) is 23.2. The molecule has 0 saturated carbocycles. The van der Waals surface area contributed by atoms with Crippen LogP contribution in [0.5, 0.6) is 11.5 Å². The van der Waals surface area contributed by atoms with Gasteiger partial charge in [-0.15, -0.1) is 36.2 Å². The summed E-state index contributed by atoms with van der Waals surface area (Å²) in [6.45, 7) is 2.87. The predicted octanol–water partition coefficient (Wildman–Crippen LogP) is 3.24. The van der Waals surface area contributed by atoms with Crippen LogP contribution in [0.25, 0.3) is 10.2 Å². The topological polar surface area (TPSA) is 88.6 Å². The lowest BCUT2D eigenvalue weighted by Gasteiger charge is -2.29. The summed E-state index contributed by atoms with van der Waals surface area (Å²) in [5.74, 6) is 1.32. The van der Waals surface area contributed by atoms with Crippen molar-refractivity contribution in [2.24, 2.45) is 0 Å². The minimum Gasteiger partial charge on any atom is -0.497 e. The Kier molecular flexibility index (Phi) is 8.91. The smallest absolute Gasteiger partial charge is 0.320 e. The van der Waals surface area contributed by atoms with Crippen molar-refractivity contribution >= 4 is 52.4 Å². The summed E-state index contributed by atoms with van der Waals surface area (Å²) in [6, 6.07) is 9.10. The highest BCUT2D eigenvalue weighted by Gasteiger charge is 2.25. The first-order valence-electron chi connectivity index (χ1n) is 9.00. The molecule has 0 aliphatic carbocycles. The number of ether oxygens (including phenoxy) is 2. The number of urea groups is 1. The molecule has 2 N–H and O–H groups in total. The Morgan fingerprint density at radius 3 is 2.73 bits per heavy atom. The number of hydrogen-bond donors (Lipinski definition) is 2. The number of thiazole rings is 1. The number of carbonyl (C=O) groups excluding carboxylic acids is 1. The Morgan fingerprint density at radius 2 is 2.03 bits per heavy atom. The Labute approximate surface area is 190 Å². The van der Waals surface area contributed by atoms with Crippen LogP contribution in [0, 0.1) is 0 Å². The van der Waals surface area contributed by atoms with E-state index in [0.717, 1.165) is 29.1 Å². The maximum Gasteiger partial charge on any atom is 0.320 e. The average molecular weight is 472 g/mol. The first kappa shape index (κ1) is 23.9. The van der Waals surface area contributed by atoms with Gasteiger partial charge >= 0.3 is 6.03 Å². The van der Waals surface area contributed by atoms with Crippen LogP contribution in [0.15, 0.2) is 42.7 Å². The van der Waals surface area contributed by atoms with Crippen LogP contribution in [0.2, 0.25) is 0 Å². The molecule has 1 unspecified atom stereocenters. The second kappa shape index (κ2) is 11.2. The molecule has 4 rings (SSSR count). The zero-order valence-corrected chi connectivity index (χ0v) is 18.7. The quantitative estimate of drug-likeness (QED) is 0.555. The molecule has 1 fully saturated rings. The fourth-order valence-corrected chi connectivity index (χ4v) is 3.90. The number of methoxy groups -OCH3 is 1. The maximum absolute atomic E-state index is 12.7. The lowest BCUT2D eigenvalue weighted by Crippen LogP contribution is -2.51. The second-order valence-electron chi connectivity index (χ2n) is 6.26. The second-order valence-corrected chi connectivity index (χ2v) is 7.32. The van der Waals surface area contributed by atoms with Crippen molar-refractivity contribution in [3.8, 4) is 11.5 Å². The number of pyridine rings is 1. The third kappa shape index (κ3) is 5.63. The summed E-state index contributed by atoms with van der Waals surface area (Å²) in [6.07, 6.45) is 2.57. The molecule has 3 aromatic rings. The highest BCUT2D eigenvalue weighted by molar-refractivity contribution is 7.18. The SMILES string of the molecule is COc1ccc2nc(C(NC(=O)N3CCNCC3)Oc3cccnc3)sc2c1.Cl.Cl. The van der Waals surface area contributed by atoms with Crippen molar-refractivity contribution in [3.05, 3.63) is 47.7 Å². The van der Waals surface area contributed by atoms with Gasteiger partial charge in [0, 0.05) is 32.4 Å². The molecule has 1 aromatic carbocycles. The maximum atomic E-state index is 12.7. The van der Waals surface area contributed by atoms with E-state index in [0.29, 0.717) is 23.8 Å². The van der Waals surface area contributed by atoms with Crippen molar-refractivity contribution in [1.29, 1.82) is 0 Å². The van der Waals surface area contributed by atoms with E-state index in [1.165, 1.54) is 11.3 Å².